The first-order valence-electron chi connectivity index (χ1n) is 15.5. The van der Waals surface area contributed by atoms with E-state index in [1.807, 2.05) is 0 Å². The van der Waals surface area contributed by atoms with Crippen LogP contribution < -0.4 is 5.32 Å². The van der Waals surface area contributed by atoms with Crippen LogP contribution in [0.25, 0.3) is 21.1 Å². The number of halogens is 3. The van der Waals surface area contributed by atoms with Crippen molar-refractivity contribution in [3.8, 4) is 6.07 Å². The van der Waals surface area contributed by atoms with Gasteiger partial charge in [0, 0.05) is 48.0 Å². The van der Waals surface area contributed by atoms with Gasteiger partial charge >= 0.3 is 6.18 Å². The number of anilines is 1. The Morgan fingerprint density at radius 1 is 1.09 bits per heavy atom. The third-order valence-corrected chi connectivity index (χ3v) is 10.8. The van der Waals surface area contributed by atoms with Crippen LogP contribution in [-0.2, 0) is 19.5 Å². The number of rotatable bonds is 8. The molecule has 2 aliphatic heterocycles. The number of aryl methyl sites for hydroxylation is 2. The molecule has 6 rings (SSSR count). The normalized spacial score (nSPS) is 18.7. The van der Waals surface area contributed by atoms with Crippen LogP contribution in [0.2, 0.25) is 0 Å². The molecule has 0 aliphatic carbocycles. The Kier molecular flexibility index (Phi) is 8.61. The molecule has 0 spiro atoms. The summed E-state index contributed by atoms with van der Waals surface area (Å²) in [5.74, 6) is 0.613. The molecule has 1 N–H and O–H groups in total. The Labute approximate surface area is 260 Å². The summed E-state index contributed by atoms with van der Waals surface area (Å²) >= 11 is 1.08. The second-order valence-electron chi connectivity index (χ2n) is 13.1. The molecule has 0 atom stereocenters. The first kappa shape index (κ1) is 30.8. The maximum absolute atomic E-state index is 12.9. The second kappa shape index (κ2) is 12.3. The molecule has 7 nitrogen and oxygen atoms in total. The topological polar surface area (TPSA) is 73.0 Å². The Morgan fingerprint density at radius 2 is 1.84 bits per heavy atom. The Morgan fingerprint density at radius 3 is 2.55 bits per heavy atom. The van der Waals surface area contributed by atoms with Crippen molar-refractivity contribution in [3.63, 3.8) is 0 Å². The monoisotopic (exact) mass is 623 g/mol. The minimum atomic E-state index is -4.25. The highest BCUT2D eigenvalue weighted by atomic mass is 32.1. The molecule has 2 fully saturated rings. The fourth-order valence-electron chi connectivity index (χ4n) is 6.79. The van der Waals surface area contributed by atoms with Gasteiger partial charge in [-0.15, -0.1) is 11.3 Å². The largest absolute Gasteiger partial charge is 0.393 e. The first-order chi connectivity index (χ1) is 21.0. The van der Waals surface area contributed by atoms with Crippen molar-refractivity contribution in [1.82, 2.24) is 24.3 Å². The summed E-state index contributed by atoms with van der Waals surface area (Å²) in [6.07, 6.45) is 1.52. The van der Waals surface area contributed by atoms with Crippen LogP contribution in [0.5, 0.6) is 0 Å². The van der Waals surface area contributed by atoms with Crippen molar-refractivity contribution in [2.45, 2.75) is 77.7 Å². The van der Waals surface area contributed by atoms with Crippen LogP contribution in [0, 0.1) is 23.7 Å². The number of hydrogen-bond acceptors (Lipinski definition) is 7. The number of benzene rings is 1. The summed E-state index contributed by atoms with van der Waals surface area (Å²) in [6.45, 7) is 10.4. The molecule has 11 heteroatoms. The minimum absolute atomic E-state index is 0.192. The number of piperidine rings is 2. The zero-order valence-corrected chi connectivity index (χ0v) is 26.5. The van der Waals surface area contributed by atoms with Gasteiger partial charge in [-0.2, -0.15) is 18.4 Å². The van der Waals surface area contributed by atoms with E-state index in [2.05, 4.69) is 74.8 Å². The molecule has 3 aromatic heterocycles. The fraction of sp³-hybridized carbons (Fsp3) is 0.545. The van der Waals surface area contributed by atoms with Gasteiger partial charge in [0.05, 0.1) is 11.8 Å². The molecule has 5 heterocycles. The highest BCUT2D eigenvalue weighted by molar-refractivity contribution is 7.18. The van der Waals surface area contributed by atoms with Gasteiger partial charge in [-0.05, 0) is 93.9 Å². The molecule has 4 aromatic rings. The lowest BCUT2D eigenvalue weighted by atomic mass is 9.77. The third-order valence-electron chi connectivity index (χ3n) is 9.79. The number of nitriles is 1. The third kappa shape index (κ3) is 6.72. The van der Waals surface area contributed by atoms with Crippen LogP contribution in [0.1, 0.15) is 60.7 Å². The van der Waals surface area contributed by atoms with Gasteiger partial charge in [0.2, 0.25) is 0 Å². The smallest absolute Gasteiger partial charge is 0.367 e. The minimum Gasteiger partial charge on any atom is -0.367 e. The average Bonchev–Trinajstić information content (AvgIpc) is 3.56. The Hall–Kier alpha value is -3.20. The van der Waals surface area contributed by atoms with Crippen LogP contribution >= 0.6 is 11.3 Å². The Bertz CT molecular complexity index is 1670. The maximum Gasteiger partial charge on any atom is 0.393 e. The predicted molar refractivity (Wildman–Crippen MR) is 170 cm³/mol. The number of alkyl halides is 3. The number of thiophene rings is 1. The van der Waals surface area contributed by atoms with E-state index in [4.69, 9.17) is 0 Å². The number of likely N-dealkylation sites (tertiary alicyclic amines) is 2. The van der Waals surface area contributed by atoms with Crippen molar-refractivity contribution in [3.05, 3.63) is 52.3 Å². The highest BCUT2D eigenvalue weighted by Gasteiger charge is 2.30. The SMILES string of the molecule is Cc1c(CN2CCC(Nc3ncnc4sc(CC(F)(F)F)cc34)CC2)ccc2c1cc(C#N)n2CCC1(C)CCN(C)CC1. The molecular weight excluding hydrogens is 583 g/mol. The molecule has 0 unspecified atom stereocenters. The molecule has 1 aromatic carbocycles. The van der Waals surface area contributed by atoms with E-state index < -0.39 is 12.6 Å². The van der Waals surface area contributed by atoms with Crippen molar-refractivity contribution in [2.75, 3.05) is 38.5 Å². The Balaban J connectivity index is 1.09. The van der Waals surface area contributed by atoms with Gasteiger partial charge < -0.3 is 14.8 Å². The van der Waals surface area contributed by atoms with Gasteiger partial charge in [-0.25, -0.2) is 9.97 Å². The van der Waals surface area contributed by atoms with Gasteiger partial charge in [0.1, 0.15) is 28.7 Å². The first-order valence-corrected chi connectivity index (χ1v) is 16.3. The van der Waals surface area contributed by atoms with Gasteiger partial charge in [0.25, 0.3) is 0 Å². The van der Waals surface area contributed by atoms with Crippen molar-refractivity contribution < 1.29 is 13.2 Å². The standard InChI is InChI=1S/C33H40F3N7S/c1-22-23(4-5-29-27(22)16-25(19-37)43(29)15-10-32(2)8-13-41(3)14-9-32)20-42-11-6-24(7-12-42)40-30-28-17-26(18-33(34,35)36)44-31(28)39-21-38-30/h4-5,16-17,21,24H,6-15,18,20H2,1-3H3,(H,38,39,40). The van der Waals surface area contributed by atoms with E-state index in [9.17, 15) is 18.4 Å². The van der Waals surface area contributed by atoms with Crippen LogP contribution in [0.15, 0.2) is 30.6 Å². The molecule has 2 saturated heterocycles. The number of aromatic nitrogens is 3. The molecule has 0 saturated carbocycles. The van der Waals surface area contributed by atoms with E-state index in [1.165, 1.54) is 30.3 Å². The van der Waals surface area contributed by atoms with E-state index >= 15 is 0 Å². The fourth-order valence-corrected chi connectivity index (χ4v) is 7.82. The lowest BCUT2D eigenvalue weighted by Crippen LogP contribution is -2.39. The molecule has 0 bridgehead atoms. The summed E-state index contributed by atoms with van der Waals surface area (Å²) in [5.41, 5.74) is 4.70. The highest BCUT2D eigenvalue weighted by Crippen LogP contribution is 2.36. The summed E-state index contributed by atoms with van der Waals surface area (Å²) in [6, 6.07) is 10.7. The zero-order valence-electron chi connectivity index (χ0n) is 25.7. The zero-order chi connectivity index (χ0) is 31.1. The van der Waals surface area contributed by atoms with Crippen LogP contribution in [-0.4, -0.2) is 69.8 Å². The van der Waals surface area contributed by atoms with Crippen LogP contribution in [0.3, 0.4) is 0 Å². The molecule has 234 valence electrons. The van der Waals surface area contributed by atoms with E-state index in [0.29, 0.717) is 21.4 Å². The van der Waals surface area contributed by atoms with Crippen molar-refractivity contribution >= 4 is 38.3 Å². The average molecular weight is 624 g/mol. The van der Waals surface area contributed by atoms with E-state index in [0.717, 1.165) is 86.5 Å². The van der Waals surface area contributed by atoms with Crippen molar-refractivity contribution in [2.24, 2.45) is 5.41 Å². The summed E-state index contributed by atoms with van der Waals surface area (Å²) < 4.78 is 41.0. The number of fused-ring (bicyclic) bond motifs is 2. The second-order valence-corrected chi connectivity index (χ2v) is 14.2. The molecule has 0 amide bonds. The van der Waals surface area contributed by atoms with E-state index in [1.54, 1.807) is 6.07 Å². The predicted octanol–water partition coefficient (Wildman–Crippen LogP) is 7.13. The molecule has 44 heavy (non-hydrogen) atoms. The summed E-state index contributed by atoms with van der Waals surface area (Å²) in [7, 11) is 2.19. The quantitative estimate of drug-likeness (QED) is 0.225. The maximum atomic E-state index is 12.9. The van der Waals surface area contributed by atoms with Crippen LogP contribution in [0.4, 0.5) is 19.0 Å². The number of nitrogens with zero attached hydrogens (tertiary/aromatic N) is 6. The van der Waals surface area contributed by atoms with Gasteiger partial charge in [-0.3, -0.25) is 4.90 Å². The van der Waals surface area contributed by atoms with Gasteiger partial charge in [-0.1, -0.05) is 13.0 Å². The molecule has 0 radical (unpaired) electrons. The van der Waals surface area contributed by atoms with Crippen molar-refractivity contribution in [1.29, 1.82) is 5.26 Å². The van der Waals surface area contributed by atoms with Gasteiger partial charge in [0.15, 0.2) is 0 Å². The molecule has 2 aliphatic rings. The summed E-state index contributed by atoms with van der Waals surface area (Å²) in [4.78, 5) is 14.2. The van der Waals surface area contributed by atoms with E-state index in [-0.39, 0.29) is 10.9 Å². The lowest BCUT2D eigenvalue weighted by Gasteiger charge is -2.38. The number of nitrogens with one attached hydrogen (secondary N) is 1. The lowest BCUT2D eigenvalue weighted by molar-refractivity contribution is -0.126. The molecular formula is C33H40F3N7S. The summed E-state index contributed by atoms with van der Waals surface area (Å²) in [5, 5.41) is 15.3. The number of hydrogen-bond donors (Lipinski definition) is 1.